The fourth-order valence-electron chi connectivity index (χ4n) is 2.81. The van der Waals surface area contributed by atoms with E-state index in [0.29, 0.717) is 0 Å². The molecule has 1 amide bonds. The second kappa shape index (κ2) is 5.70. The summed E-state index contributed by atoms with van der Waals surface area (Å²) in [4.78, 5) is 12.6. The number of rotatable bonds is 2. The Labute approximate surface area is 125 Å². The van der Waals surface area contributed by atoms with Crippen molar-refractivity contribution < 1.29 is 4.79 Å². The van der Waals surface area contributed by atoms with Gasteiger partial charge in [-0.25, -0.2) is 0 Å². The molecule has 0 spiro atoms. The standard InChI is InChI=1S/C18H20N2O/c1-12-7-8-13(2)16(11-12)20-18(21)17-15-6-4-3-5-14(15)9-10-19-17/h3-8,11,17,19H,9-10H2,1-2H3,(H,20,21). The van der Waals surface area contributed by atoms with Crippen LogP contribution in [-0.4, -0.2) is 12.5 Å². The topological polar surface area (TPSA) is 41.1 Å². The number of carbonyl (C=O) groups excluding carboxylic acids is 1. The number of carbonyl (C=O) groups is 1. The minimum atomic E-state index is -0.269. The maximum Gasteiger partial charge on any atom is 0.246 e. The van der Waals surface area contributed by atoms with E-state index in [0.717, 1.165) is 35.3 Å². The third-order valence-electron chi connectivity index (χ3n) is 4.02. The zero-order valence-electron chi connectivity index (χ0n) is 12.4. The first-order chi connectivity index (χ1) is 10.1. The molecular formula is C18H20N2O. The monoisotopic (exact) mass is 280 g/mol. The Hall–Kier alpha value is -2.13. The molecule has 0 aromatic heterocycles. The van der Waals surface area contributed by atoms with Gasteiger partial charge >= 0.3 is 0 Å². The fraction of sp³-hybridized carbons (Fsp3) is 0.278. The Morgan fingerprint density at radius 3 is 2.86 bits per heavy atom. The Bertz CT molecular complexity index is 679. The zero-order valence-corrected chi connectivity index (χ0v) is 12.4. The van der Waals surface area contributed by atoms with Gasteiger partial charge in [-0.05, 0) is 48.6 Å². The van der Waals surface area contributed by atoms with Crippen LogP contribution in [0.25, 0.3) is 0 Å². The maximum absolute atomic E-state index is 12.6. The number of fused-ring (bicyclic) bond motifs is 1. The molecule has 3 rings (SSSR count). The van der Waals surface area contributed by atoms with Gasteiger partial charge in [0.1, 0.15) is 6.04 Å². The van der Waals surface area contributed by atoms with Crippen LogP contribution in [-0.2, 0) is 11.2 Å². The van der Waals surface area contributed by atoms with Crippen molar-refractivity contribution in [2.24, 2.45) is 0 Å². The van der Waals surface area contributed by atoms with Crippen molar-refractivity contribution in [2.75, 3.05) is 11.9 Å². The van der Waals surface area contributed by atoms with Crippen molar-refractivity contribution in [1.82, 2.24) is 5.32 Å². The third-order valence-corrected chi connectivity index (χ3v) is 4.02. The van der Waals surface area contributed by atoms with Crippen LogP contribution in [0, 0.1) is 13.8 Å². The molecule has 0 saturated carbocycles. The first-order valence-electron chi connectivity index (χ1n) is 7.34. The Morgan fingerprint density at radius 2 is 2.00 bits per heavy atom. The summed E-state index contributed by atoms with van der Waals surface area (Å²) in [6.45, 7) is 4.88. The van der Waals surface area contributed by atoms with Gasteiger partial charge in [0, 0.05) is 12.2 Å². The van der Waals surface area contributed by atoms with Crippen LogP contribution in [0.3, 0.4) is 0 Å². The van der Waals surface area contributed by atoms with E-state index < -0.39 is 0 Å². The minimum Gasteiger partial charge on any atom is -0.324 e. The van der Waals surface area contributed by atoms with Crippen LogP contribution in [0.15, 0.2) is 42.5 Å². The van der Waals surface area contributed by atoms with Crippen LogP contribution in [0.5, 0.6) is 0 Å². The van der Waals surface area contributed by atoms with E-state index in [4.69, 9.17) is 0 Å². The van der Waals surface area contributed by atoms with E-state index in [1.165, 1.54) is 5.56 Å². The molecule has 21 heavy (non-hydrogen) atoms. The molecule has 1 atom stereocenters. The molecule has 0 aliphatic carbocycles. The average Bonchev–Trinajstić information content (AvgIpc) is 2.50. The SMILES string of the molecule is Cc1ccc(C)c(NC(=O)C2NCCc3ccccc32)c1. The molecule has 2 N–H and O–H groups in total. The molecule has 1 heterocycles. The number of anilines is 1. The number of nitrogens with one attached hydrogen (secondary N) is 2. The number of benzene rings is 2. The molecule has 2 aromatic rings. The zero-order chi connectivity index (χ0) is 14.8. The second-order valence-corrected chi connectivity index (χ2v) is 5.64. The van der Waals surface area contributed by atoms with Gasteiger partial charge in [-0.3, -0.25) is 4.79 Å². The van der Waals surface area contributed by atoms with Crippen molar-refractivity contribution >= 4 is 11.6 Å². The van der Waals surface area contributed by atoms with E-state index >= 15 is 0 Å². The van der Waals surface area contributed by atoms with Crippen molar-refractivity contribution in [1.29, 1.82) is 0 Å². The van der Waals surface area contributed by atoms with E-state index in [9.17, 15) is 4.79 Å². The number of amides is 1. The lowest BCUT2D eigenvalue weighted by molar-refractivity contribution is -0.118. The lowest BCUT2D eigenvalue weighted by Crippen LogP contribution is -2.38. The highest BCUT2D eigenvalue weighted by Crippen LogP contribution is 2.25. The molecule has 0 bridgehead atoms. The highest BCUT2D eigenvalue weighted by atomic mass is 16.2. The van der Waals surface area contributed by atoms with Gasteiger partial charge in [-0.15, -0.1) is 0 Å². The summed E-state index contributed by atoms with van der Waals surface area (Å²) in [7, 11) is 0. The van der Waals surface area contributed by atoms with Crippen LogP contribution in [0.2, 0.25) is 0 Å². The molecule has 0 radical (unpaired) electrons. The van der Waals surface area contributed by atoms with Crippen molar-refractivity contribution in [2.45, 2.75) is 26.3 Å². The van der Waals surface area contributed by atoms with Crippen LogP contribution >= 0.6 is 0 Å². The number of hydrogen-bond acceptors (Lipinski definition) is 2. The second-order valence-electron chi connectivity index (χ2n) is 5.64. The van der Waals surface area contributed by atoms with E-state index in [2.05, 4.69) is 22.8 Å². The molecule has 1 aliphatic rings. The van der Waals surface area contributed by atoms with Gasteiger partial charge in [0.2, 0.25) is 5.91 Å². The summed E-state index contributed by atoms with van der Waals surface area (Å²) in [5, 5.41) is 6.38. The van der Waals surface area contributed by atoms with Crippen LogP contribution < -0.4 is 10.6 Å². The highest BCUT2D eigenvalue weighted by molar-refractivity contribution is 5.96. The Balaban J connectivity index is 1.85. The molecule has 0 fully saturated rings. The van der Waals surface area contributed by atoms with E-state index in [1.807, 2.05) is 44.2 Å². The normalized spacial score (nSPS) is 17.1. The lowest BCUT2D eigenvalue weighted by Gasteiger charge is -2.26. The smallest absolute Gasteiger partial charge is 0.246 e. The van der Waals surface area contributed by atoms with Crippen LogP contribution in [0.4, 0.5) is 5.69 Å². The number of aryl methyl sites for hydroxylation is 2. The maximum atomic E-state index is 12.6. The van der Waals surface area contributed by atoms with Crippen molar-refractivity contribution in [3.05, 3.63) is 64.7 Å². The summed E-state index contributed by atoms with van der Waals surface area (Å²) < 4.78 is 0. The molecule has 1 unspecified atom stereocenters. The number of hydrogen-bond donors (Lipinski definition) is 2. The fourth-order valence-corrected chi connectivity index (χ4v) is 2.81. The van der Waals surface area contributed by atoms with E-state index in [-0.39, 0.29) is 11.9 Å². The van der Waals surface area contributed by atoms with Gasteiger partial charge in [-0.1, -0.05) is 36.4 Å². The lowest BCUT2D eigenvalue weighted by atomic mass is 9.94. The molecule has 108 valence electrons. The molecule has 0 saturated heterocycles. The van der Waals surface area contributed by atoms with Gasteiger partial charge < -0.3 is 10.6 Å². The molecule has 2 aromatic carbocycles. The van der Waals surface area contributed by atoms with Crippen molar-refractivity contribution in [3.63, 3.8) is 0 Å². The predicted molar refractivity (Wildman–Crippen MR) is 85.4 cm³/mol. The summed E-state index contributed by atoms with van der Waals surface area (Å²) in [6, 6.07) is 14.0. The highest BCUT2D eigenvalue weighted by Gasteiger charge is 2.25. The predicted octanol–water partition coefficient (Wildman–Crippen LogP) is 3.13. The summed E-state index contributed by atoms with van der Waals surface area (Å²) in [6.07, 6.45) is 0.976. The Morgan fingerprint density at radius 1 is 1.19 bits per heavy atom. The quantitative estimate of drug-likeness (QED) is 0.887. The Kier molecular flexibility index (Phi) is 3.76. The van der Waals surface area contributed by atoms with Crippen molar-refractivity contribution in [3.8, 4) is 0 Å². The molecule has 3 nitrogen and oxygen atoms in total. The molecular weight excluding hydrogens is 260 g/mol. The average molecular weight is 280 g/mol. The molecule has 3 heteroatoms. The first kappa shape index (κ1) is 13.8. The summed E-state index contributed by atoms with van der Waals surface area (Å²) >= 11 is 0. The summed E-state index contributed by atoms with van der Waals surface area (Å²) in [5.41, 5.74) is 5.47. The van der Waals surface area contributed by atoms with Gasteiger partial charge in [0.05, 0.1) is 0 Å². The first-order valence-corrected chi connectivity index (χ1v) is 7.34. The summed E-state index contributed by atoms with van der Waals surface area (Å²) in [5.74, 6) is 0.0100. The van der Waals surface area contributed by atoms with Gasteiger partial charge in [-0.2, -0.15) is 0 Å². The molecule has 1 aliphatic heterocycles. The van der Waals surface area contributed by atoms with E-state index in [1.54, 1.807) is 0 Å². The third kappa shape index (κ3) is 2.83. The largest absolute Gasteiger partial charge is 0.324 e. The van der Waals surface area contributed by atoms with Gasteiger partial charge in [0.25, 0.3) is 0 Å². The van der Waals surface area contributed by atoms with Crippen LogP contribution in [0.1, 0.15) is 28.3 Å². The van der Waals surface area contributed by atoms with Gasteiger partial charge in [0.15, 0.2) is 0 Å². The minimum absolute atomic E-state index is 0.0100.